The first-order chi connectivity index (χ1) is 4.20. The van der Waals surface area contributed by atoms with Crippen LogP contribution >= 0.6 is 32.9 Å². The molecule has 1 aliphatic rings. The van der Waals surface area contributed by atoms with Gasteiger partial charge in [0.15, 0.2) is 0 Å². The maximum atomic E-state index is 10.4. The van der Waals surface area contributed by atoms with E-state index in [4.69, 9.17) is 0 Å². The van der Waals surface area contributed by atoms with E-state index in [1.54, 1.807) is 6.92 Å². The van der Waals surface area contributed by atoms with Gasteiger partial charge in [0.25, 0.3) is 0 Å². The van der Waals surface area contributed by atoms with Crippen LogP contribution in [-0.4, -0.2) is 22.8 Å². The van der Waals surface area contributed by atoms with Gasteiger partial charge in [-0.3, -0.25) is 0 Å². The summed E-state index contributed by atoms with van der Waals surface area (Å²) in [6.45, 7) is 1.78. The topological polar surface area (TPSA) is 41.8 Å². The van der Waals surface area contributed by atoms with Gasteiger partial charge in [-0.1, -0.05) is 15.9 Å². The molecule has 3 nitrogen and oxygen atoms in total. The molecule has 1 heterocycles. The smallest absolute Gasteiger partial charge is 0.244 e. The molecule has 0 aliphatic carbocycles. The van der Waals surface area contributed by atoms with Gasteiger partial charge in [-0.2, -0.15) is 4.99 Å². The van der Waals surface area contributed by atoms with Gasteiger partial charge in [0.05, 0.1) is 4.83 Å². The van der Waals surface area contributed by atoms with Crippen molar-refractivity contribution in [3.05, 3.63) is 0 Å². The van der Waals surface area contributed by atoms with E-state index < -0.39 is 6.03 Å². The first-order valence-electron chi connectivity index (χ1n) is 2.47. The Balaban J connectivity index is 0.000000810. The third-order valence-corrected chi connectivity index (χ3v) is 1.89. The molecule has 0 aromatic carbocycles. The number of amides is 2. The summed E-state index contributed by atoms with van der Waals surface area (Å²) in [6, 6.07) is -0.414. The Kier molecular flexibility index (Phi) is 3.96. The summed E-state index contributed by atoms with van der Waals surface area (Å²) in [5, 5.41) is 0. The molecule has 1 rings (SSSR count). The van der Waals surface area contributed by atoms with E-state index in [-0.39, 0.29) is 21.8 Å². The Morgan fingerprint density at radius 2 is 2.30 bits per heavy atom. The van der Waals surface area contributed by atoms with Crippen LogP contribution in [0.25, 0.3) is 0 Å². The maximum Gasteiger partial charge on any atom is 0.366 e. The van der Waals surface area contributed by atoms with Crippen LogP contribution in [-0.2, 0) is 0 Å². The van der Waals surface area contributed by atoms with Crippen LogP contribution in [0.2, 0.25) is 0 Å². The normalized spacial score (nSPS) is 23.6. The third-order valence-electron chi connectivity index (χ3n) is 0.987. The lowest BCUT2D eigenvalue weighted by molar-refractivity contribution is 0.257. The summed E-state index contributed by atoms with van der Waals surface area (Å²) >= 11 is 3.25. The highest BCUT2D eigenvalue weighted by Gasteiger charge is 2.11. The van der Waals surface area contributed by atoms with Crippen LogP contribution in [0.3, 0.4) is 0 Å². The summed E-state index contributed by atoms with van der Waals surface area (Å²) < 4.78 is 0. The first-order valence-corrected chi connectivity index (χ1v) is 3.39. The van der Waals surface area contributed by atoms with Crippen molar-refractivity contribution in [2.45, 2.75) is 11.8 Å². The van der Waals surface area contributed by atoms with Crippen molar-refractivity contribution in [3.8, 4) is 0 Å². The van der Waals surface area contributed by atoms with Gasteiger partial charge in [0.2, 0.25) is 0 Å². The molecule has 2 amide bonds. The van der Waals surface area contributed by atoms with E-state index in [0.29, 0.717) is 0 Å². The lowest BCUT2D eigenvalue weighted by Crippen LogP contribution is -2.17. The third kappa shape index (κ3) is 2.30. The highest BCUT2D eigenvalue weighted by molar-refractivity contribution is 9.10. The molecule has 1 atom stereocenters. The van der Waals surface area contributed by atoms with Crippen LogP contribution in [0.15, 0.2) is 9.98 Å². The molecule has 1 aliphatic heterocycles. The number of alkyl halides is 1. The molecule has 0 N–H and O–H groups in total. The predicted molar refractivity (Wildman–Crippen MR) is 50.0 cm³/mol. The second-order valence-electron chi connectivity index (χ2n) is 1.72. The predicted octanol–water partition coefficient (Wildman–Crippen LogP) is 1.99. The molecule has 0 saturated carbocycles. The average molecular weight is 270 g/mol. The Morgan fingerprint density at radius 3 is 2.70 bits per heavy atom. The molecule has 1 unspecified atom stereocenters. The molecule has 0 fully saturated rings. The summed E-state index contributed by atoms with van der Waals surface area (Å²) in [4.78, 5) is 17.5. The van der Waals surface area contributed by atoms with Crippen molar-refractivity contribution in [1.82, 2.24) is 0 Å². The highest BCUT2D eigenvalue weighted by Crippen LogP contribution is 2.04. The van der Waals surface area contributed by atoms with Crippen molar-refractivity contribution < 1.29 is 4.79 Å². The van der Waals surface area contributed by atoms with Crippen molar-refractivity contribution in [2.24, 2.45) is 9.98 Å². The molecular formula is C5H6Br2N2O. The number of aliphatic imine (C=N–C) groups is 2. The van der Waals surface area contributed by atoms with Gasteiger partial charge in [0, 0.05) is 11.9 Å². The number of nitrogens with zero attached hydrogens (tertiary/aromatic N) is 2. The molecule has 0 radical (unpaired) electrons. The van der Waals surface area contributed by atoms with Crippen LogP contribution in [0, 0.1) is 0 Å². The summed E-state index contributed by atoms with van der Waals surface area (Å²) in [7, 11) is 0. The zero-order chi connectivity index (χ0) is 6.85. The lowest BCUT2D eigenvalue weighted by atomic mass is 10.3. The highest BCUT2D eigenvalue weighted by atomic mass is 79.9. The van der Waals surface area contributed by atoms with E-state index in [2.05, 4.69) is 25.9 Å². The van der Waals surface area contributed by atoms with Gasteiger partial charge >= 0.3 is 6.03 Å². The molecule has 0 bridgehead atoms. The molecule has 0 aromatic rings. The van der Waals surface area contributed by atoms with Gasteiger partial charge in [-0.25, -0.2) is 9.79 Å². The monoisotopic (exact) mass is 268 g/mol. The van der Waals surface area contributed by atoms with Gasteiger partial charge in [-0.15, -0.1) is 17.0 Å². The van der Waals surface area contributed by atoms with E-state index >= 15 is 0 Å². The average Bonchev–Trinajstić information content (AvgIpc) is 1.80. The number of hydrogen-bond acceptors (Lipinski definition) is 1. The standard InChI is InChI=1S/C5H5BrN2O.BrH/c1-3-4(6)2-7-5(9)8-3;/h2,4H,1H3;1H. The van der Waals surface area contributed by atoms with E-state index in [9.17, 15) is 4.79 Å². The number of carbonyl (C=O) groups is 1. The second-order valence-corrected chi connectivity index (χ2v) is 2.70. The summed E-state index contributed by atoms with van der Waals surface area (Å²) in [5.74, 6) is 0. The zero-order valence-electron chi connectivity index (χ0n) is 5.24. The Hall–Kier alpha value is -0.0300. The largest absolute Gasteiger partial charge is 0.366 e. The zero-order valence-corrected chi connectivity index (χ0v) is 8.54. The number of urea groups is 1. The van der Waals surface area contributed by atoms with Crippen LogP contribution in [0.4, 0.5) is 4.79 Å². The molecule has 5 heteroatoms. The minimum atomic E-state index is -0.414. The number of halogens is 2. The first kappa shape index (κ1) is 9.97. The van der Waals surface area contributed by atoms with E-state index in [0.717, 1.165) is 5.71 Å². The summed E-state index contributed by atoms with van der Waals surface area (Å²) in [6.07, 6.45) is 1.53. The lowest BCUT2D eigenvalue weighted by Gasteiger charge is -2.04. The fourth-order valence-corrected chi connectivity index (χ4v) is 0.699. The minimum absolute atomic E-state index is 0. The molecule has 0 spiro atoms. The van der Waals surface area contributed by atoms with Crippen LogP contribution in [0.5, 0.6) is 0 Å². The fraction of sp³-hybridized carbons (Fsp3) is 0.400. The number of carbonyl (C=O) groups excluding carboxylic acids is 1. The maximum absolute atomic E-state index is 10.4. The Bertz CT molecular complexity index is 200. The SMILES string of the molecule is Br.CC1=NC(=O)N=CC1Br. The molecule has 10 heavy (non-hydrogen) atoms. The van der Waals surface area contributed by atoms with Crippen molar-refractivity contribution >= 4 is 50.9 Å². The molecular weight excluding hydrogens is 264 g/mol. The van der Waals surface area contributed by atoms with E-state index in [1.165, 1.54) is 6.21 Å². The molecule has 0 saturated heterocycles. The Morgan fingerprint density at radius 1 is 1.70 bits per heavy atom. The van der Waals surface area contributed by atoms with Gasteiger partial charge in [-0.05, 0) is 6.92 Å². The van der Waals surface area contributed by atoms with Crippen molar-refractivity contribution in [1.29, 1.82) is 0 Å². The number of rotatable bonds is 0. The van der Waals surface area contributed by atoms with Crippen LogP contribution in [0.1, 0.15) is 6.92 Å². The molecule has 56 valence electrons. The Labute approximate surface area is 77.5 Å². The van der Waals surface area contributed by atoms with Crippen LogP contribution < -0.4 is 0 Å². The van der Waals surface area contributed by atoms with E-state index in [1.807, 2.05) is 0 Å². The number of hydrogen-bond donors (Lipinski definition) is 0. The summed E-state index contributed by atoms with van der Waals surface area (Å²) in [5.41, 5.74) is 0.759. The quantitative estimate of drug-likeness (QED) is 0.620. The van der Waals surface area contributed by atoms with Crippen molar-refractivity contribution in [2.75, 3.05) is 0 Å². The second kappa shape index (κ2) is 3.98. The minimum Gasteiger partial charge on any atom is -0.244 e. The van der Waals surface area contributed by atoms with Gasteiger partial charge in [0.1, 0.15) is 0 Å². The van der Waals surface area contributed by atoms with Gasteiger partial charge < -0.3 is 0 Å². The van der Waals surface area contributed by atoms with Crippen molar-refractivity contribution in [3.63, 3.8) is 0 Å². The fourth-order valence-electron chi connectivity index (χ4n) is 0.478. The molecule has 0 aromatic heterocycles.